The normalized spacial score (nSPS) is 11.2. The number of unbranched alkanes of at least 4 members (excludes halogenated alkanes) is 5. The van der Waals surface area contributed by atoms with Crippen molar-refractivity contribution in [1.29, 1.82) is 0 Å². The van der Waals surface area contributed by atoms with E-state index < -0.39 is 6.10 Å². The zero-order valence-electron chi connectivity index (χ0n) is 22.8. The SMILES string of the molecule is CCCCCCCCc1ccc(C#Cc2ccc(C#Cc3ccc(OCC(O)CO)cc3)cc2CC)cc1. The molecule has 3 rings (SSSR count). The van der Waals surface area contributed by atoms with Gasteiger partial charge < -0.3 is 14.9 Å². The fourth-order valence-corrected chi connectivity index (χ4v) is 4.11. The highest BCUT2D eigenvalue weighted by Crippen LogP contribution is 2.15. The molecule has 1 unspecified atom stereocenters. The van der Waals surface area contributed by atoms with Crippen molar-refractivity contribution in [3.63, 3.8) is 0 Å². The first-order chi connectivity index (χ1) is 18.6. The summed E-state index contributed by atoms with van der Waals surface area (Å²) in [7, 11) is 0. The van der Waals surface area contributed by atoms with Crippen LogP contribution in [0.15, 0.2) is 66.7 Å². The van der Waals surface area contributed by atoms with Gasteiger partial charge >= 0.3 is 0 Å². The van der Waals surface area contributed by atoms with E-state index >= 15 is 0 Å². The highest BCUT2D eigenvalue weighted by molar-refractivity contribution is 5.52. The van der Waals surface area contributed by atoms with Gasteiger partial charge in [-0.2, -0.15) is 0 Å². The smallest absolute Gasteiger partial charge is 0.119 e. The minimum Gasteiger partial charge on any atom is -0.491 e. The van der Waals surface area contributed by atoms with E-state index in [-0.39, 0.29) is 13.2 Å². The van der Waals surface area contributed by atoms with Gasteiger partial charge in [0.25, 0.3) is 0 Å². The van der Waals surface area contributed by atoms with Gasteiger partial charge in [-0.3, -0.25) is 0 Å². The Hall–Kier alpha value is -3.50. The Labute approximate surface area is 228 Å². The summed E-state index contributed by atoms with van der Waals surface area (Å²) in [6.07, 6.45) is 9.11. The molecule has 0 spiro atoms. The van der Waals surface area contributed by atoms with Crippen LogP contribution in [0, 0.1) is 23.7 Å². The summed E-state index contributed by atoms with van der Waals surface area (Å²) in [4.78, 5) is 0. The number of rotatable bonds is 12. The maximum absolute atomic E-state index is 9.39. The summed E-state index contributed by atoms with van der Waals surface area (Å²) in [6.45, 7) is 4.14. The molecule has 38 heavy (non-hydrogen) atoms. The van der Waals surface area contributed by atoms with Crippen molar-refractivity contribution in [1.82, 2.24) is 0 Å². The Bertz CT molecular complexity index is 1230. The maximum atomic E-state index is 9.39. The fourth-order valence-electron chi connectivity index (χ4n) is 4.11. The van der Waals surface area contributed by atoms with Gasteiger partial charge in [0.15, 0.2) is 0 Å². The summed E-state index contributed by atoms with van der Waals surface area (Å²) in [6, 6.07) is 22.3. The Kier molecular flexibility index (Phi) is 12.5. The fraction of sp³-hybridized carbons (Fsp3) is 0.371. The van der Waals surface area contributed by atoms with Gasteiger partial charge in [0.1, 0.15) is 18.5 Å². The number of ether oxygens (including phenoxy) is 1. The molecule has 3 aromatic carbocycles. The number of benzene rings is 3. The quantitative estimate of drug-likeness (QED) is 0.212. The molecule has 0 aliphatic carbocycles. The van der Waals surface area contributed by atoms with E-state index in [0.29, 0.717) is 5.75 Å². The molecule has 0 aromatic heterocycles. The molecule has 0 radical (unpaired) electrons. The number of hydrogen-bond donors (Lipinski definition) is 2. The summed E-state index contributed by atoms with van der Waals surface area (Å²) in [5.74, 6) is 13.8. The summed E-state index contributed by atoms with van der Waals surface area (Å²) in [5.41, 5.74) is 6.50. The standard InChI is InChI=1S/C35H40O3/c1-3-5-6-7-8-9-10-28-11-13-29(14-12-28)17-21-33-22-18-31(25-32(33)4-2)16-15-30-19-23-35(24-20-30)38-27-34(37)26-36/h11-14,18-20,22-25,34,36-37H,3-10,26-27H2,1-2H3. The Balaban J connectivity index is 1.57. The molecule has 0 aliphatic heterocycles. The van der Waals surface area contributed by atoms with E-state index in [2.05, 4.69) is 73.9 Å². The van der Waals surface area contributed by atoms with Crippen molar-refractivity contribution >= 4 is 0 Å². The van der Waals surface area contributed by atoms with E-state index in [1.807, 2.05) is 30.3 Å². The molecule has 3 heteroatoms. The molecular weight excluding hydrogens is 468 g/mol. The van der Waals surface area contributed by atoms with E-state index in [1.165, 1.54) is 49.7 Å². The second kappa shape index (κ2) is 16.4. The van der Waals surface area contributed by atoms with Crippen LogP contribution in [0.1, 0.15) is 85.8 Å². The predicted molar refractivity (Wildman–Crippen MR) is 156 cm³/mol. The van der Waals surface area contributed by atoms with Crippen LogP contribution < -0.4 is 4.74 Å². The maximum Gasteiger partial charge on any atom is 0.119 e. The molecule has 1 atom stereocenters. The van der Waals surface area contributed by atoms with E-state index in [0.717, 1.165) is 35.1 Å². The van der Waals surface area contributed by atoms with E-state index in [4.69, 9.17) is 9.84 Å². The lowest BCUT2D eigenvalue weighted by atomic mass is 10.0. The van der Waals surface area contributed by atoms with Crippen LogP contribution in [0.3, 0.4) is 0 Å². The molecule has 0 saturated carbocycles. The Morgan fingerprint density at radius 3 is 2.00 bits per heavy atom. The second-order valence-electron chi connectivity index (χ2n) is 9.61. The van der Waals surface area contributed by atoms with Crippen LogP contribution >= 0.6 is 0 Å². The third-order valence-electron chi connectivity index (χ3n) is 6.46. The first-order valence-corrected chi connectivity index (χ1v) is 13.9. The minimum absolute atomic E-state index is 0.0567. The Morgan fingerprint density at radius 2 is 1.32 bits per heavy atom. The lowest BCUT2D eigenvalue weighted by molar-refractivity contribution is 0.0536. The van der Waals surface area contributed by atoms with Crippen molar-refractivity contribution in [3.8, 4) is 29.4 Å². The van der Waals surface area contributed by atoms with Crippen LogP contribution in [0.4, 0.5) is 0 Å². The van der Waals surface area contributed by atoms with Crippen LogP contribution in [-0.2, 0) is 12.8 Å². The number of aryl methyl sites for hydroxylation is 2. The summed E-state index contributed by atoms with van der Waals surface area (Å²) < 4.78 is 5.44. The monoisotopic (exact) mass is 508 g/mol. The van der Waals surface area contributed by atoms with Gasteiger partial charge in [0, 0.05) is 22.3 Å². The summed E-state index contributed by atoms with van der Waals surface area (Å²) in [5, 5.41) is 18.3. The number of aliphatic hydroxyl groups excluding tert-OH is 2. The number of hydrogen-bond acceptors (Lipinski definition) is 3. The molecule has 0 aliphatic rings. The molecule has 0 bridgehead atoms. The van der Waals surface area contributed by atoms with Crippen LogP contribution in [-0.4, -0.2) is 29.5 Å². The highest BCUT2D eigenvalue weighted by atomic mass is 16.5. The van der Waals surface area contributed by atoms with Crippen molar-refractivity contribution < 1.29 is 14.9 Å². The third-order valence-corrected chi connectivity index (χ3v) is 6.46. The van der Waals surface area contributed by atoms with Gasteiger partial charge in [-0.15, -0.1) is 0 Å². The molecule has 0 heterocycles. The molecule has 0 fully saturated rings. The van der Waals surface area contributed by atoms with Crippen molar-refractivity contribution in [2.45, 2.75) is 71.3 Å². The zero-order valence-corrected chi connectivity index (χ0v) is 22.8. The topological polar surface area (TPSA) is 49.7 Å². The lowest BCUT2D eigenvalue weighted by Crippen LogP contribution is -2.21. The predicted octanol–water partition coefficient (Wildman–Crippen LogP) is 6.68. The number of aliphatic hydroxyl groups is 2. The summed E-state index contributed by atoms with van der Waals surface area (Å²) >= 11 is 0. The first-order valence-electron chi connectivity index (χ1n) is 13.9. The second-order valence-corrected chi connectivity index (χ2v) is 9.61. The molecular formula is C35H40O3. The van der Waals surface area contributed by atoms with E-state index in [1.54, 1.807) is 0 Å². The average molecular weight is 509 g/mol. The third kappa shape index (κ3) is 10.1. The average Bonchev–Trinajstić information content (AvgIpc) is 2.96. The molecule has 3 nitrogen and oxygen atoms in total. The van der Waals surface area contributed by atoms with Gasteiger partial charge in [-0.1, -0.05) is 81.8 Å². The van der Waals surface area contributed by atoms with Crippen LogP contribution in [0.2, 0.25) is 0 Å². The minimum atomic E-state index is -0.879. The van der Waals surface area contributed by atoms with Gasteiger partial charge in [-0.25, -0.2) is 0 Å². The lowest BCUT2D eigenvalue weighted by Gasteiger charge is -2.09. The zero-order chi connectivity index (χ0) is 27.0. The largest absolute Gasteiger partial charge is 0.491 e. The highest BCUT2D eigenvalue weighted by Gasteiger charge is 2.03. The van der Waals surface area contributed by atoms with E-state index in [9.17, 15) is 5.11 Å². The van der Waals surface area contributed by atoms with Gasteiger partial charge in [0.05, 0.1) is 6.61 Å². The van der Waals surface area contributed by atoms with Gasteiger partial charge in [-0.05, 0) is 85.0 Å². The van der Waals surface area contributed by atoms with Crippen molar-refractivity contribution in [3.05, 3.63) is 100 Å². The molecule has 2 N–H and O–H groups in total. The molecule has 0 saturated heterocycles. The van der Waals surface area contributed by atoms with Crippen molar-refractivity contribution in [2.24, 2.45) is 0 Å². The molecule has 3 aromatic rings. The first kappa shape index (κ1) is 29.1. The molecule has 0 amide bonds. The van der Waals surface area contributed by atoms with Gasteiger partial charge in [0.2, 0.25) is 0 Å². The molecule has 198 valence electrons. The van der Waals surface area contributed by atoms with Crippen LogP contribution in [0.5, 0.6) is 5.75 Å². The van der Waals surface area contributed by atoms with Crippen molar-refractivity contribution in [2.75, 3.05) is 13.2 Å². The Morgan fingerprint density at radius 1 is 0.711 bits per heavy atom. The van der Waals surface area contributed by atoms with Crippen LogP contribution in [0.25, 0.3) is 0 Å².